The minimum Gasteiger partial charge on any atom is -0.395 e. The third kappa shape index (κ3) is 6.85. The number of ketones is 1. The summed E-state index contributed by atoms with van der Waals surface area (Å²) in [5.41, 5.74) is 10.5. The fraction of sp³-hybridized carbons (Fsp3) is 0.370. The van der Waals surface area contributed by atoms with Gasteiger partial charge in [-0.15, -0.1) is 11.3 Å². The quantitative estimate of drug-likeness (QED) is 0.265. The lowest BCUT2D eigenvalue weighted by Crippen LogP contribution is -2.29. The molecule has 0 unspecified atom stereocenters. The largest absolute Gasteiger partial charge is 0.395 e. The van der Waals surface area contributed by atoms with Crippen LogP contribution in [0, 0.1) is 6.92 Å². The van der Waals surface area contributed by atoms with Gasteiger partial charge in [0.25, 0.3) is 0 Å². The summed E-state index contributed by atoms with van der Waals surface area (Å²) in [6, 6.07) is 7.67. The normalized spacial score (nSPS) is 12.5. The first-order valence-corrected chi connectivity index (χ1v) is 13.0. The van der Waals surface area contributed by atoms with Gasteiger partial charge in [-0.2, -0.15) is 5.10 Å². The SMILES string of the molecule is Cc1cc(-c2ccnc(Nc3cnn(C[C@@H](N)CO)c3)n2)ccc1CCC(=O)c1cnc(C(C)(C)C)s1. The number of nitrogens with two attached hydrogens (primary N) is 1. The molecule has 0 spiro atoms. The highest BCUT2D eigenvalue weighted by molar-refractivity contribution is 7.13. The average molecular weight is 520 g/mol. The Labute approximate surface area is 220 Å². The maximum atomic E-state index is 12.7. The Kier molecular flexibility index (Phi) is 8.11. The van der Waals surface area contributed by atoms with Gasteiger partial charge in [-0.25, -0.2) is 15.0 Å². The van der Waals surface area contributed by atoms with Gasteiger partial charge in [-0.05, 0) is 36.6 Å². The van der Waals surface area contributed by atoms with Gasteiger partial charge < -0.3 is 16.2 Å². The first-order chi connectivity index (χ1) is 17.6. The molecule has 3 heterocycles. The molecule has 4 rings (SSSR count). The second-order valence-electron chi connectivity index (χ2n) is 10.1. The Balaban J connectivity index is 1.40. The molecule has 37 heavy (non-hydrogen) atoms. The lowest BCUT2D eigenvalue weighted by Gasteiger charge is -2.13. The molecule has 9 nitrogen and oxygen atoms in total. The van der Waals surface area contributed by atoms with Crippen molar-refractivity contribution in [3.63, 3.8) is 0 Å². The number of benzene rings is 1. The molecule has 1 atom stereocenters. The zero-order valence-corrected chi connectivity index (χ0v) is 22.4. The molecule has 0 aliphatic rings. The fourth-order valence-corrected chi connectivity index (χ4v) is 4.73. The first-order valence-electron chi connectivity index (χ1n) is 12.2. The van der Waals surface area contributed by atoms with Crippen molar-refractivity contribution in [2.24, 2.45) is 5.73 Å². The van der Waals surface area contributed by atoms with Gasteiger partial charge in [0.2, 0.25) is 5.95 Å². The summed E-state index contributed by atoms with van der Waals surface area (Å²) in [5.74, 6) is 0.583. The molecule has 4 aromatic rings. The molecule has 0 saturated carbocycles. The summed E-state index contributed by atoms with van der Waals surface area (Å²) < 4.78 is 1.67. The predicted octanol–water partition coefficient (Wildman–Crippen LogP) is 4.28. The summed E-state index contributed by atoms with van der Waals surface area (Å²) >= 11 is 1.49. The van der Waals surface area contributed by atoms with Crippen LogP contribution in [0.15, 0.2) is 49.1 Å². The topological polar surface area (TPSA) is 132 Å². The summed E-state index contributed by atoms with van der Waals surface area (Å²) in [6.45, 7) is 8.68. The number of nitrogens with zero attached hydrogens (tertiary/aromatic N) is 5. The van der Waals surface area contributed by atoms with E-state index in [2.05, 4.69) is 65.2 Å². The number of aryl methyl sites for hydroxylation is 2. The van der Waals surface area contributed by atoms with E-state index in [4.69, 9.17) is 10.8 Å². The van der Waals surface area contributed by atoms with Crippen LogP contribution in [0.5, 0.6) is 0 Å². The van der Waals surface area contributed by atoms with Crippen LogP contribution in [0.4, 0.5) is 11.6 Å². The number of hydrogen-bond donors (Lipinski definition) is 3. The summed E-state index contributed by atoms with van der Waals surface area (Å²) in [7, 11) is 0. The molecule has 0 aliphatic heterocycles. The molecule has 0 bridgehead atoms. The number of nitrogens with one attached hydrogen (secondary N) is 1. The van der Waals surface area contributed by atoms with Crippen molar-refractivity contribution in [3.05, 3.63) is 70.1 Å². The Morgan fingerprint density at radius 2 is 2.03 bits per heavy atom. The predicted molar refractivity (Wildman–Crippen MR) is 146 cm³/mol. The number of thiazole rings is 1. The number of rotatable bonds is 10. The van der Waals surface area contributed by atoms with Crippen molar-refractivity contribution in [1.82, 2.24) is 24.7 Å². The van der Waals surface area contributed by atoms with E-state index >= 15 is 0 Å². The maximum Gasteiger partial charge on any atom is 0.227 e. The molecule has 194 valence electrons. The number of aliphatic hydroxyl groups excluding tert-OH is 1. The van der Waals surface area contributed by atoms with E-state index in [1.54, 1.807) is 29.5 Å². The van der Waals surface area contributed by atoms with Crippen molar-refractivity contribution >= 4 is 28.8 Å². The van der Waals surface area contributed by atoms with Gasteiger partial charge in [0.1, 0.15) is 0 Å². The summed E-state index contributed by atoms with van der Waals surface area (Å²) in [4.78, 5) is 26.9. The second kappa shape index (κ2) is 11.3. The van der Waals surface area contributed by atoms with Crippen LogP contribution in [-0.4, -0.2) is 48.3 Å². The number of Topliss-reactive ketones (excluding diaryl/α,β-unsaturated/α-hetero) is 1. The minimum atomic E-state index is -0.370. The van der Waals surface area contributed by atoms with E-state index in [1.165, 1.54) is 11.3 Å². The number of carbonyl (C=O) groups is 1. The lowest BCUT2D eigenvalue weighted by atomic mass is 9.98. The standard InChI is InChI=1S/C27H33N7O2S/c1-17-11-19(6-5-18(17)7-8-23(36)24-13-30-25(37-24)27(2,3)4)22-9-10-29-26(33-22)32-21-12-31-34(15-21)14-20(28)16-35/h5-6,9-13,15,20,35H,7-8,14,16,28H2,1-4H3,(H,29,32,33)/t20-/m1/s1. The van der Waals surface area contributed by atoms with Gasteiger partial charge in [0.05, 0.1) is 40.6 Å². The Hall–Kier alpha value is -3.47. The van der Waals surface area contributed by atoms with Gasteiger partial charge in [0, 0.05) is 42.0 Å². The van der Waals surface area contributed by atoms with Crippen LogP contribution in [0.3, 0.4) is 0 Å². The molecule has 0 amide bonds. The number of aliphatic hydroxyl groups is 1. The van der Waals surface area contributed by atoms with Gasteiger partial charge in [0.15, 0.2) is 5.78 Å². The minimum absolute atomic E-state index is 0.0532. The number of anilines is 2. The summed E-state index contributed by atoms with van der Waals surface area (Å²) in [6.07, 6.45) is 8.00. The van der Waals surface area contributed by atoms with E-state index in [1.807, 2.05) is 12.1 Å². The van der Waals surface area contributed by atoms with E-state index in [-0.39, 0.29) is 23.8 Å². The Morgan fingerprint density at radius 1 is 1.22 bits per heavy atom. The third-order valence-electron chi connectivity index (χ3n) is 5.88. The van der Waals surface area contributed by atoms with Crippen LogP contribution in [0.2, 0.25) is 0 Å². The second-order valence-corrected chi connectivity index (χ2v) is 11.2. The summed E-state index contributed by atoms with van der Waals surface area (Å²) in [5, 5.41) is 17.5. The highest BCUT2D eigenvalue weighted by Gasteiger charge is 2.20. The highest BCUT2D eigenvalue weighted by Crippen LogP contribution is 2.28. The zero-order chi connectivity index (χ0) is 26.6. The molecular formula is C27H33N7O2S. The average Bonchev–Trinajstić information content (AvgIpc) is 3.53. The maximum absolute atomic E-state index is 12.7. The number of hydrogen-bond acceptors (Lipinski definition) is 9. The third-order valence-corrected chi connectivity index (χ3v) is 7.35. The zero-order valence-electron chi connectivity index (χ0n) is 21.6. The molecule has 0 fully saturated rings. The van der Waals surface area contributed by atoms with Crippen LogP contribution in [-0.2, 0) is 18.4 Å². The molecular weight excluding hydrogens is 486 g/mol. The van der Waals surface area contributed by atoms with E-state index in [0.717, 1.165) is 38.0 Å². The smallest absolute Gasteiger partial charge is 0.227 e. The van der Waals surface area contributed by atoms with Crippen molar-refractivity contribution in [3.8, 4) is 11.3 Å². The molecule has 1 aromatic carbocycles. The molecule has 10 heteroatoms. The number of carbonyl (C=O) groups excluding carboxylic acids is 1. The Bertz CT molecular complexity index is 1370. The van der Waals surface area contributed by atoms with E-state index in [0.29, 0.717) is 25.3 Å². The van der Waals surface area contributed by atoms with Gasteiger partial charge in [-0.1, -0.05) is 32.9 Å². The molecule has 0 aliphatic carbocycles. The van der Waals surface area contributed by atoms with Crippen molar-refractivity contribution in [2.75, 3.05) is 11.9 Å². The van der Waals surface area contributed by atoms with Crippen LogP contribution >= 0.6 is 11.3 Å². The van der Waals surface area contributed by atoms with E-state index < -0.39 is 0 Å². The fourth-order valence-electron chi connectivity index (χ4n) is 3.79. The highest BCUT2D eigenvalue weighted by atomic mass is 32.1. The lowest BCUT2D eigenvalue weighted by molar-refractivity contribution is 0.0986. The Morgan fingerprint density at radius 3 is 2.73 bits per heavy atom. The van der Waals surface area contributed by atoms with Crippen molar-refractivity contribution in [2.45, 2.75) is 58.5 Å². The number of aromatic nitrogens is 5. The molecule has 3 aromatic heterocycles. The van der Waals surface area contributed by atoms with Crippen LogP contribution in [0.25, 0.3) is 11.3 Å². The first kappa shape index (κ1) is 26.6. The van der Waals surface area contributed by atoms with Crippen LogP contribution < -0.4 is 11.1 Å². The molecule has 0 radical (unpaired) electrons. The van der Waals surface area contributed by atoms with E-state index in [9.17, 15) is 4.79 Å². The van der Waals surface area contributed by atoms with Crippen LogP contribution in [0.1, 0.15) is 53.0 Å². The monoisotopic (exact) mass is 519 g/mol. The molecule has 4 N–H and O–H groups in total. The van der Waals surface area contributed by atoms with Crippen molar-refractivity contribution < 1.29 is 9.90 Å². The van der Waals surface area contributed by atoms with Gasteiger partial charge >= 0.3 is 0 Å². The van der Waals surface area contributed by atoms with Crippen molar-refractivity contribution in [1.29, 1.82) is 0 Å². The van der Waals surface area contributed by atoms with Gasteiger partial charge in [-0.3, -0.25) is 9.48 Å². The molecule has 0 saturated heterocycles.